The molecule has 5 heteroatoms. The van der Waals surface area contributed by atoms with Crippen LogP contribution in [-0.4, -0.2) is 25.8 Å². The first-order valence-electron chi connectivity index (χ1n) is 8.20. The van der Waals surface area contributed by atoms with Gasteiger partial charge in [0.25, 0.3) is 0 Å². The van der Waals surface area contributed by atoms with Gasteiger partial charge in [-0.25, -0.2) is 4.98 Å². The Balaban J connectivity index is 1.95. The molecule has 3 nitrogen and oxygen atoms in total. The molecule has 0 atom stereocenters. The van der Waals surface area contributed by atoms with Gasteiger partial charge in [0.05, 0.1) is 0 Å². The monoisotopic (exact) mass is 331 g/mol. The summed E-state index contributed by atoms with van der Waals surface area (Å²) < 4.78 is 6.12. The molecule has 0 aliphatic carbocycles. The molecule has 0 amide bonds. The molecule has 0 unspecified atom stereocenters. The Morgan fingerprint density at radius 3 is 2.04 bits per heavy atom. The highest BCUT2D eigenvalue weighted by Gasteiger charge is 2.16. The van der Waals surface area contributed by atoms with Gasteiger partial charge >= 0.3 is 0 Å². The predicted molar refractivity (Wildman–Crippen MR) is 107 cm³/mol. The van der Waals surface area contributed by atoms with E-state index in [0.717, 1.165) is 32.6 Å². The molecule has 118 valence electrons. The minimum Gasteiger partial charge on any atom is -0.508 e. The predicted octanol–water partition coefficient (Wildman–Crippen LogP) is 3.09. The summed E-state index contributed by atoms with van der Waals surface area (Å²) in [7, 11) is 12.0. The molecule has 0 aliphatic rings. The van der Waals surface area contributed by atoms with Crippen molar-refractivity contribution in [2.24, 2.45) is 0 Å². The number of phenolic OH excluding ortho intramolecular Hbond substituents is 1. The van der Waals surface area contributed by atoms with Gasteiger partial charge in [-0.2, -0.15) is 0 Å². The first-order valence-corrected chi connectivity index (χ1v) is 8.20. The van der Waals surface area contributed by atoms with E-state index < -0.39 is 0 Å². The molecule has 4 aromatic carbocycles. The molecule has 5 aromatic rings. The van der Waals surface area contributed by atoms with Gasteiger partial charge in [-0.1, -0.05) is 47.3 Å². The molecule has 1 N–H and O–H groups in total. The van der Waals surface area contributed by atoms with Crippen molar-refractivity contribution in [3.8, 4) is 17.2 Å². The first kappa shape index (κ1) is 15.1. The number of fused-ring (bicyclic) bond motifs is 6. The second-order valence-corrected chi connectivity index (χ2v) is 6.35. The van der Waals surface area contributed by atoms with Crippen LogP contribution >= 0.6 is 0 Å². The van der Waals surface area contributed by atoms with E-state index in [2.05, 4.69) is 0 Å². The first-order chi connectivity index (χ1) is 12.6. The summed E-state index contributed by atoms with van der Waals surface area (Å²) in [5, 5.41) is 13.4. The number of rotatable bonds is 1. The highest BCUT2D eigenvalue weighted by Crippen LogP contribution is 2.36. The molecule has 26 heavy (non-hydrogen) atoms. The lowest BCUT2D eigenvalue weighted by Crippen LogP contribution is -2.02. The number of benzene rings is 4. The van der Waals surface area contributed by atoms with Crippen molar-refractivity contribution < 1.29 is 9.52 Å². The second-order valence-electron chi connectivity index (χ2n) is 6.35. The summed E-state index contributed by atoms with van der Waals surface area (Å²) in [6.45, 7) is 0. The smallest absolute Gasteiger partial charge is 0.227 e. The largest absolute Gasteiger partial charge is 0.508 e. The maximum Gasteiger partial charge on any atom is 0.227 e. The molecule has 0 saturated heterocycles. The Bertz CT molecular complexity index is 1230. The van der Waals surface area contributed by atoms with Crippen LogP contribution < -0.4 is 10.9 Å². The zero-order valence-electron chi connectivity index (χ0n) is 13.7. The molecule has 1 aromatic heterocycles. The summed E-state index contributed by atoms with van der Waals surface area (Å²) in [5.74, 6) is 0.681. The van der Waals surface area contributed by atoms with Gasteiger partial charge in [0, 0.05) is 16.3 Å². The number of aromatic nitrogens is 1. The Morgan fingerprint density at radius 1 is 0.731 bits per heavy atom. The molecule has 4 radical (unpaired) electrons. The van der Waals surface area contributed by atoms with Gasteiger partial charge in [0.15, 0.2) is 5.58 Å². The highest BCUT2D eigenvalue weighted by molar-refractivity contribution is 6.36. The third-order valence-corrected chi connectivity index (χ3v) is 4.62. The maximum absolute atomic E-state index is 9.51. The van der Waals surface area contributed by atoms with Crippen LogP contribution in [-0.2, 0) is 0 Å². The summed E-state index contributed by atoms with van der Waals surface area (Å²) >= 11 is 0. The third-order valence-electron chi connectivity index (χ3n) is 4.62. The lowest BCUT2D eigenvalue weighted by atomic mass is 9.88. The van der Waals surface area contributed by atoms with Crippen LogP contribution in [0.5, 0.6) is 5.75 Å². The Kier molecular flexibility index (Phi) is 3.13. The van der Waals surface area contributed by atoms with Crippen molar-refractivity contribution in [1.29, 1.82) is 0 Å². The molecule has 1 heterocycles. The van der Waals surface area contributed by atoms with Gasteiger partial charge in [0.1, 0.15) is 27.0 Å². The molecule has 0 spiro atoms. The highest BCUT2D eigenvalue weighted by atomic mass is 16.3. The summed E-state index contributed by atoms with van der Waals surface area (Å²) in [4.78, 5) is 4.72. The van der Waals surface area contributed by atoms with E-state index in [1.54, 1.807) is 24.3 Å². The van der Waals surface area contributed by atoms with Crippen LogP contribution in [0.1, 0.15) is 0 Å². The van der Waals surface area contributed by atoms with Crippen LogP contribution in [0.25, 0.3) is 44.1 Å². The normalized spacial score (nSPS) is 11.5. The average molecular weight is 331 g/mol. The molecule has 5 rings (SSSR count). The molecule has 0 aliphatic heterocycles. The van der Waals surface area contributed by atoms with Crippen molar-refractivity contribution in [1.82, 2.24) is 4.98 Å². The average Bonchev–Trinajstić information content (AvgIpc) is 3.08. The quantitative estimate of drug-likeness (QED) is 0.379. The zero-order valence-corrected chi connectivity index (χ0v) is 13.7. The van der Waals surface area contributed by atoms with E-state index in [4.69, 9.17) is 25.1 Å². The van der Waals surface area contributed by atoms with Crippen molar-refractivity contribution in [2.75, 3.05) is 0 Å². The van der Waals surface area contributed by atoms with Gasteiger partial charge in [-0.15, -0.1) is 0 Å². The number of aromatic hydroxyl groups is 1. The van der Waals surface area contributed by atoms with E-state index in [9.17, 15) is 5.11 Å². The topological polar surface area (TPSA) is 46.3 Å². The van der Waals surface area contributed by atoms with E-state index >= 15 is 0 Å². The third kappa shape index (κ3) is 2.21. The van der Waals surface area contributed by atoms with Gasteiger partial charge in [-0.05, 0) is 35.0 Å². The molecule has 0 fully saturated rings. The summed E-state index contributed by atoms with van der Waals surface area (Å²) in [6.07, 6.45) is 0. The molecular formula is C21H11B2NO2. The van der Waals surface area contributed by atoms with Crippen LogP contribution in [0.4, 0.5) is 0 Å². The fraction of sp³-hybridized carbons (Fsp3) is 0. The minimum absolute atomic E-state index is 0.196. The van der Waals surface area contributed by atoms with Crippen LogP contribution in [0, 0.1) is 0 Å². The Hall–Kier alpha value is -3.20. The van der Waals surface area contributed by atoms with E-state index in [1.807, 2.05) is 36.4 Å². The van der Waals surface area contributed by atoms with Crippen molar-refractivity contribution in [3.05, 3.63) is 60.7 Å². The van der Waals surface area contributed by atoms with E-state index in [-0.39, 0.29) is 5.75 Å². The SMILES string of the molecule is [B]c1ccc2c3ccc([B])cc3c3oc(-c4ccc(O)cc4)nc3c2c1. The summed E-state index contributed by atoms with van der Waals surface area (Å²) in [6, 6.07) is 18.3. The van der Waals surface area contributed by atoms with Gasteiger partial charge < -0.3 is 9.52 Å². The Morgan fingerprint density at radius 2 is 1.35 bits per heavy atom. The van der Waals surface area contributed by atoms with Gasteiger partial charge in [-0.3, -0.25) is 0 Å². The molecular weight excluding hydrogens is 320 g/mol. The van der Waals surface area contributed by atoms with Crippen LogP contribution in [0.15, 0.2) is 65.1 Å². The maximum atomic E-state index is 9.51. The standard InChI is InChI=1S/C21H11B2NO2/c22-12-3-7-15-16-8-4-13(23)10-18(16)20-19(17(15)9-12)24-21(26-20)11-1-5-14(25)6-2-11/h1-10,25H. The number of phenols is 1. The number of hydrogen-bond donors (Lipinski definition) is 1. The second kappa shape index (κ2) is 5.40. The van der Waals surface area contributed by atoms with E-state index in [0.29, 0.717) is 22.4 Å². The minimum atomic E-state index is 0.196. The lowest BCUT2D eigenvalue weighted by molar-refractivity contribution is 0.475. The van der Waals surface area contributed by atoms with Crippen LogP contribution in [0.3, 0.4) is 0 Å². The van der Waals surface area contributed by atoms with Crippen LogP contribution in [0.2, 0.25) is 0 Å². The fourth-order valence-corrected chi connectivity index (χ4v) is 3.39. The lowest BCUT2D eigenvalue weighted by Gasteiger charge is -2.07. The summed E-state index contributed by atoms with van der Waals surface area (Å²) in [5.41, 5.74) is 3.54. The van der Waals surface area contributed by atoms with Crippen molar-refractivity contribution in [3.63, 3.8) is 0 Å². The molecule has 0 bridgehead atoms. The number of oxazole rings is 1. The zero-order chi connectivity index (χ0) is 17.8. The Labute approximate surface area is 152 Å². The van der Waals surface area contributed by atoms with Crippen molar-refractivity contribution >= 4 is 59.3 Å². The molecule has 0 saturated carbocycles. The van der Waals surface area contributed by atoms with Gasteiger partial charge in [0.2, 0.25) is 5.89 Å². The van der Waals surface area contributed by atoms with E-state index in [1.165, 1.54) is 0 Å². The number of hydrogen-bond acceptors (Lipinski definition) is 3. The number of nitrogens with zero attached hydrogens (tertiary/aromatic N) is 1. The fourth-order valence-electron chi connectivity index (χ4n) is 3.39. The van der Waals surface area contributed by atoms with Crippen molar-refractivity contribution in [2.45, 2.75) is 0 Å².